The number of pyridine rings is 1. The van der Waals surface area contributed by atoms with Gasteiger partial charge in [0.25, 0.3) is 5.91 Å². The molecule has 1 aromatic heterocycles. The molecule has 4 nitrogen and oxygen atoms in total. The van der Waals surface area contributed by atoms with Crippen LogP contribution in [0.15, 0.2) is 36.5 Å². The minimum atomic E-state index is 0.0158. The van der Waals surface area contributed by atoms with Crippen LogP contribution in [0.5, 0.6) is 0 Å². The number of carbonyl (C=O) groups is 1. The van der Waals surface area contributed by atoms with Gasteiger partial charge in [0.05, 0.1) is 5.52 Å². The van der Waals surface area contributed by atoms with Gasteiger partial charge in [0.1, 0.15) is 0 Å². The van der Waals surface area contributed by atoms with Crippen LogP contribution in [0, 0.1) is 0 Å². The molecular weight excluding hydrogens is 226 g/mol. The molecule has 0 bridgehead atoms. The van der Waals surface area contributed by atoms with E-state index in [9.17, 15) is 4.79 Å². The number of fused-ring (bicyclic) bond motifs is 1. The van der Waals surface area contributed by atoms with E-state index >= 15 is 0 Å². The van der Waals surface area contributed by atoms with Crippen LogP contribution in [0.4, 0.5) is 0 Å². The molecule has 0 atom stereocenters. The summed E-state index contributed by atoms with van der Waals surface area (Å²) in [4.78, 5) is 18.3. The fraction of sp³-hybridized carbons (Fsp3) is 0.286. The lowest BCUT2D eigenvalue weighted by molar-refractivity contribution is 0.0796. The van der Waals surface area contributed by atoms with Crippen LogP contribution in [0.25, 0.3) is 10.9 Å². The normalized spacial score (nSPS) is 10.6. The highest BCUT2D eigenvalue weighted by molar-refractivity contribution is 6.05. The molecule has 2 aromatic rings. The van der Waals surface area contributed by atoms with Gasteiger partial charge in [-0.15, -0.1) is 0 Å². The number of benzene rings is 1. The molecule has 0 aliphatic carbocycles. The number of carbonyl (C=O) groups excluding carboxylic acids is 1. The van der Waals surface area contributed by atoms with E-state index in [0.29, 0.717) is 18.7 Å². The number of nitrogens with zero attached hydrogens (tertiary/aromatic N) is 2. The first-order chi connectivity index (χ1) is 8.74. The highest BCUT2D eigenvalue weighted by Gasteiger charge is 2.14. The van der Waals surface area contributed by atoms with E-state index in [1.165, 1.54) is 0 Å². The molecule has 0 unspecified atom stereocenters. The summed E-state index contributed by atoms with van der Waals surface area (Å²) < 4.78 is 0. The SMILES string of the molecule is CN(CCCN)C(=O)c1cccc2ncccc12. The van der Waals surface area contributed by atoms with Crippen molar-refractivity contribution in [3.8, 4) is 0 Å². The zero-order valence-corrected chi connectivity index (χ0v) is 10.5. The second-order valence-corrected chi connectivity index (χ2v) is 4.24. The maximum atomic E-state index is 12.3. The van der Waals surface area contributed by atoms with Crippen LogP contribution in [0.1, 0.15) is 16.8 Å². The molecule has 2 rings (SSSR count). The van der Waals surface area contributed by atoms with Crippen molar-refractivity contribution in [1.82, 2.24) is 9.88 Å². The number of amides is 1. The summed E-state index contributed by atoms with van der Waals surface area (Å²) in [6.45, 7) is 1.26. The third-order valence-electron chi connectivity index (χ3n) is 2.92. The molecule has 94 valence electrons. The topological polar surface area (TPSA) is 59.2 Å². The van der Waals surface area contributed by atoms with Gasteiger partial charge in [-0.1, -0.05) is 12.1 Å². The summed E-state index contributed by atoms with van der Waals surface area (Å²) in [7, 11) is 1.80. The van der Waals surface area contributed by atoms with Gasteiger partial charge >= 0.3 is 0 Å². The van der Waals surface area contributed by atoms with Gasteiger partial charge in [-0.3, -0.25) is 9.78 Å². The Hall–Kier alpha value is -1.94. The Morgan fingerprint density at radius 2 is 2.17 bits per heavy atom. The third kappa shape index (κ3) is 2.49. The number of hydrogen-bond donors (Lipinski definition) is 1. The van der Waals surface area contributed by atoms with Crippen molar-refractivity contribution >= 4 is 16.8 Å². The van der Waals surface area contributed by atoms with E-state index in [0.717, 1.165) is 17.3 Å². The molecule has 0 aliphatic heterocycles. The highest BCUT2D eigenvalue weighted by Crippen LogP contribution is 2.17. The average Bonchev–Trinajstić information content (AvgIpc) is 2.43. The Kier molecular flexibility index (Phi) is 3.89. The molecule has 2 N–H and O–H groups in total. The van der Waals surface area contributed by atoms with Crippen LogP contribution in [-0.4, -0.2) is 35.9 Å². The van der Waals surface area contributed by atoms with Gasteiger partial charge in [0, 0.05) is 30.7 Å². The Morgan fingerprint density at radius 1 is 1.33 bits per heavy atom. The molecule has 4 heteroatoms. The molecule has 1 aromatic carbocycles. The van der Waals surface area contributed by atoms with Crippen LogP contribution < -0.4 is 5.73 Å². The maximum Gasteiger partial charge on any atom is 0.254 e. The summed E-state index contributed by atoms with van der Waals surface area (Å²) in [6, 6.07) is 9.38. The van der Waals surface area contributed by atoms with E-state index < -0.39 is 0 Å². The number of aromatic nitrogens is 1. The summed E-state index contributed by atoms with van der Waals surface area (Å²) in [5, 5.41) is 0.893. The molecular formula is C14H17N3O. The second-order valence-electron chi connectivity index (χ2n) is 4.24. The van der Waals surface area contributed by atoms with Gasteiger partial charge in [-0.25, -0.2) is 0 Å². The quantitative estimate of drug-likeness (QED) is 0.888. The van der Waals surface area contributed by atoms with Crippen LogP contribution in [-0.2, 0) is 0 Å². The number of rotatable bonds is 4. The first-order valence-corrected chi connectivity index (χ1v) is 6.03. The minimum absolute atomic E-state index is 0.0158. The van der Waals surface area contributed by atoms with Gasteiger partial charge < -0.3 is 10.6 Å². The van der Waals surface area contributed by atoms with E-state index in [1.807, 2.05) is 30.3 Å². The van der Waals surface area contributed by atoms with E-state index in [4.69, 9.17) is 5.73 Å². The maximum absolute atomic E-state index is 12.3. The molecule has 18 heavy (non-hydrogen) atoms. The van der Waals surface area contributed by atoms with Gasteiger partial charge in [-0.05, 0) is 31.2 Å². The first-order valence-electron chi connectivity index (χ1n) is 6.03. The predicted molar refractivity (Wildman–Crippen MR) is 72.4 cm³/mol. The molecule has 0 saturated carbocycles. The molecule has 0 spiro atoms. The van der Waals surface area contributed by atoms with Crippen molar-refractivity contribution in [2.45, 2.75) is 6.42 Å². The molecule has 0 aliphatic rings. The third-order valence-corrected chi connectivity index (χ3v) is 2.92. The van der Waals surface area contributed by atoms with Crippen molar-refractivity contribution in [2.24, 2.45) is 5.73 Å². The first kappa shape index (κ1) is 12.5. The van der Waals surface area contributed by atoms with E-state index in [-0.39, 0.29) is 5.91 Å². The lowest BCUT2D eigenvalue weighted by Gasteiger charge is -2.17. The highest BCUT2D eigenvalue weighted by atomic mass is 16.2. The zero-order chi connectivity index (χ0) is 13.0. The summed E-state index contributed by atoms with van der Waals surface area (Å²) in [5.41, 5.74) is 7.00. The molecule has 1 amide bonds. The molecule has 0 saturated heterocycles. The minimum Gasteiger partial charge on any atom is -0.342 e. The van der Waals surface area contributed by atoms with Crippen LogP contribution in [0.2, 0.25) is 0 Å². The summed E-state index contributed by atoms with van der Waals surface area (Å²) >= 11 is 0. The van der Waals surface area contributed by atoms with Crippen molar-refractivity contribution in [3.05, 3.63) is 42.1 Å². The lowest BCUT2D eigenvalue weighted by Crippen LogP contribution is -2.29. The number of hydrogen-bond acceptors (Lipinski definition) is 3. The predicted octanol–water partition coefficient (Wildman–Crippen LogP) is 1.66. The lowest BCUT2D eigenvalue weighted by atomic mass is 10.1. The Bertz CT molecular complexity index is 548. The largest absolute Gasteiger partial charge is 0.342 e. The monoisotopic (exact) mass is 243 g/mol. The fourth-order valence-electron chi connectivity index (χ4n) is 1.93. The molecule has 1 heterocycles. The van der Waals surface area contributed by atoms with Crippen molar-refractivity contribution < 1.29 is 4.79 Å². The number of nitrogens with two attached hydrogens (primary N) is 1. The molecule has 0 radical (unpaired) electrons. The summed E-state index contributed by atoms with van der Waals surface area (Å²) in [5.74, 6) is 0.0158. The van der Waals surface area contributed by atoms with Crippen molar-refractivity contribution in [3.63, 3.8) is 0 Å². The fourth-order valence-corrected chi connectivity index (χ4v) is 1.93. The van der Waals surface area contributed by atoms with Gasteiger partial charge in [0.2, 0.25) is 0 Å². The average molecular weight is 243 g/mol. The Morgan fingerprint density at radius 3 is 2.94 bits per heavy atom. The van der Waals surface area contributed by atoms with Crippen molar-refractivity contribution in [2.75, 3.05) is 20.1 Å². The van der Waals surface area contributed by atoms with Gasteiger partial charge in [-0.2, -0.15) is 0 Å². The Labute approximate surface area is 106 Å². The van der Waals surface area contributed by atoms with Crippen molar-refractivity contribution in [1.29, 1.82) is 0 Å². The molecule has 0 fully saturated rings. The summed E-state index contributed by atoms with van der Waals surface area (Å²) in [6.07, 6.45) is 2.54. The second kappa shape index (κ2) is 5.60. The Balaban J connectivity index is 2.33. The van der Waals surface area contributed by atoms with Gasteiger partial charge in [0.15, 0.2) is 0 Å². The smallest absolute Gasteiger partial charge is 0.254 e. The van der Waals surface area contributed by atoms with E-state index in [2.05, 4.69) is 4.98 Å². The van der Waals surface area contributed by atoms with Crippen LogP contribution >= 0.6 is 0 Å². The zero-order valence-electron chi connectivity index (χ0n) is 10.5. The van der Waals surface area contributed by atoms with E-state index in [1.54, 1.807) is 18.1 Å². The van der Waals surface area contributed by atoms with Crippen LogP contribution in [0.3, 0.4) is 0 Å². The standard InChI is InChI=1S/C14H17N3O/c1-17(10-4-8-15)14(18)12-5-2-7-13-11(12)6-3-9-16-13/h2-3,5-7,9H,4,8,10,15H2,1H3.